The van der Waals surface area contributed by atoms with Gasteiger partial charge in [0.05, 0.1) is 6.42 Å². The number of anilines is 2. The van der Waals surface area contributed by atoms with Gasteiger partial charge in [0, 0.05) is 29.3 Å². The Hall–Kier alpha value is -3.74. The number of carbonyl (C=O) groups excluding carboxylic acids is 1. The van der Waals surface area contributed by atoms with Gasteiger partial charge >= 0.3 is 0 Å². The summed E-state index contributed by atoms with van der Waals surface area (Å²) >= 11 is 0. The average Bonchev–Trinajstić information content (AvgIpc) is 3.49. The second kappa shape index (κ2) is 7.01. The molecule has 5 rings (SSSR count). The molecule has 29 heavy (non-hydrogen) atoms. The van der Waals surface area contributed by atoms with E-state index in [1.807, 2.05) is 42.6 Å². The van der Waals surface area contributed by atoms with Gasteiger partial charge in [-0.05, 0) is 60.2 Å². The fraction of sp³-hybridized carbons (Fsp3) is 0.182. The van der Waals surface area contributed by atoms with Crippen molar-refractivity contribution in [2.75, 3.05) is 11.1 Å². The summed E-state index contributed by atoms with van der Waals surface area (Å²) in [5, 5.41) is 7.01. The summed E-state index contributed by atoms with van der Waals surface area (Å²) in [6, 6.07) is 15.8. The molecule has 0 spiro atoms. The number of nitrogens with zero attached hydrogens (tertiary/aromatic N) is 4. The molecule has 1 aliphatic carbocycles. The number of hydrogen-bond acceptors (Lipinski definition) is 5. The maximum absolute atomic E-state index is 12.3. The number of rotatable bonds is 5. The van der Waals surface area contributed by atoms with Crippen molar-refractivity contribution < 1.29 is 4.79 Å². The van der Waals surface area contributed by atoms with Crippen LogP contribution in [-0.4, -0.2) is 25.5 Å². The Morgan fingerprint density at radius 1 is 1.10 bits per heavy atom. The average molecular weight is 384 g/mol. The topological polar surface area (TPSA) is 98.2 Å². The van der Waals surface area contributed by atoms with E-state index in [1.54, 1.807) is 10.7 Å². The molecule has 0 atom stereocenters. The number of aromatic nitrogens is 4. The van der Waals surface area contributed by atoms with Crippen LogP contribution in [0.4, 0.5) is 11.6 Å². The maximum atomic E-state index is 12.3. The molecule has 1 aliphatic rings. The van der Waals surface area contributed by atoms with Gasteiger partial charge in [0.25, 0.3) is 0 Å². The van der Waals surface area contributed by atoms with Crippen molar-refractivity contribution in [3.63, 3.8) is 0 Å². The quantitative estimate of drug-likeness (QED) is 0.549. The van der Waals surface area contributed by atoms with E-state index in [2.05, 4.69) is 32.5 Å². The van der Waals surface area contributed by atoms with Gasteiger partial charge in [-0.25, -0.2) is 4.52 Å². The molecule has 0 unspecified atom stereocenters. The molecule has 144 valence electrons. The molecule has 0 bridgehead atoms. The SMILES string of the molecule is Nc1nc2cc(-c3ccc(CC(=O)Nc4ccc(C5CC5)cc4)nc3)ccn2n1. The normalized spacial score (nSPS) is 13.5. The Kier molecular flexibility index (Phi) is 4.20. The number of amides is 1. The molecule has 1 saturated carbocycles. The van der Waals surface area contributed by atoms with Crippen LogP contribution in [-0.2, 0) is 11.2 Å². The minimum absolute atomic E-state index is 0.0789. The van der Waals surface area contributed by atoms with Crippen molar-refractivity contribution >= 4 is 23.2 Å². The highest BCUT2D eigenvalue weighted by Gasteiger charge is 2.23. The molecule has 7 heteroatoms. The zero-order valence-corrected chi connectivity index (χ0v) is 15.7. The Bertz CT molecular complexity index is 1180. The Balaban J connectivity index is 1.24. The molecule has 0 aliphatic heterocycles. The van der Waals surface area contributed by atoms with Crippen LogP contribution in [0.2, 0.25) is 0 Å². The third-order valence-corrected chi connectivity index (χ3v) is 5.10. The monoisotopic (exact) mass is 384 g/mol. The molecule has 3 heterocycles. The van der Waals surface area contributed by atoms with Crippen LogP contribution in [0.5, 0.6) is 0 Å². The molecule has 0 radical (unpaired) electrons. The van der Waals surface area contributed by atoms with Crippen LogP contribution in [0.25, 0.3) is 16.8 Å². The predicted octanol–water partition coefficient (Wildman–Crippen LogP) is 3.43. The number of nitrogens with two attached hydrogens (primary N) is 1. The lowest BCUT2D eigenvalue weighted by atomic mass is 10.1. The Morgan fingerprint density at radius 3 is 2.66 bits per heavy atom. The summed E-state index contributed by atoms with van der Waals surface area (Å²) in [5.74, 6) is 0.874. The summed E-state index contributed by atoms with van der Waals surface area (Å²) < 4.78 is 1.63. The van der Waals surface area contributed by atoms with E-state index in [0.29, 0.717) is 17.3 Å². The maximum Gasteiger partial charge on any atom is 0.240 e. The van der Waals surface area contributed by atoms with Gasteiger partial charge in [-0.1, -0.05) is 18.2 Å². The van der Waals surface area contributed by atoms with E-state index in [4.69, 9.17) is 5.73 Å². The molecule has 1 aromatic carbocycles. The van der Waals surface area contributed by atoms with Gasteiger partial charge in [0.15, 0.2) is 5.65 Å². The first kappa shape index (κ1) is 17.4. The molecule has 1 fully saturated rings. The second-order valence-corrected chi connectivity index (χ2v) is 7.35. The van der Waals surface area contributed by atoms with Crippen LogP contribution in [0.1, 0.15) is 30.0 Å². The number of pyridine rings is 2. The lowest BCUT2D eigenvalue weighted by Gasteiger charge is -2.07. The lowest BCUT2D eigenvalue weighted by molar-refractivity contribution is -0.115. The first-order valence-electron chi connectivity index (χ1n) is 9.61. The predicted molar refractivity (Wildman–Crippen MR) is 111 cm³/mol. The van der Waals surface area contributed by atoms with E-state index >= 15 is 0 Å². The van der Waals surface area contributed by atoms with E-state index in [1.165, 1.54) is 18.4 Å². The summed E-state index contributed by atoms with van der Waals surface area (Å²) in [6.45, 7) is 0. The van der Waals surface area contributed by atoms with Crippen molar-refractivity contribution in [3.05, 3.63) is 72.2 Å². The number of benzene rings is 1. The summed E-state index contributed by atoms with van der Waals surface area (Å²) in [4.78, 5) is 20.9. The fourth-order valence-corrected chi connectivity index (χ4v) is 3.40. The van der Waals surface area contributed by atoms with Crippen LogP contribution in [0.15, 0.2) is 60.9 Å². The molecule has 7 nitrogen and oxygen atoms in total. The van der Waals surface area contributed by atoms with Crippen molar-refractivity contribution in [2.45, 2.75) is 25.2 Å². The highest BCUT2D eigenvalue weighted by molar-refractivity contribution is 5.92. The van der Waals surface area contributed by atoms with E-state index in [0.717, 1.165) is 16.8 Å². The van der Waals surface area contributed by atoms with E-state index in [9.17, 15) is 4.79 Å². The molecule has 3 N–H and O–H groups in total. The van der Waals surface area contributed by atoms with Crippen molar-refractivity contribution in [3.8, 4) is 11.1 Å². The number of hydrogen-bond donors (Lipinski definition) is 2. The third-order valence-electron chi connectivity index (χ3n) is 5.10. The zero-order valence-electron chi connectivity index (χ0n) is 15.7. The standard InChI is InChI=1S/C22H20N6O/c23-22-26-20-11-16(9-10-28(20)27-22)17-5-8-19(24-13-17)12-21(29)25-18-6-3-15(4-7-18)14-1-2-14/h3-11,13-14H,1-2,12H2,(H2,23,27)(H,25,29). The van der Waals surface area contributed by atoms with Gasteiger partial charge in [0.2, 0.25) is 11.9 Å². The molecular weight excluding hydrogens is 364 g/mol. The van der Waals surface area contributed by atoms with Crippen molar-refractivity contribution in [1.29, 1.82) is 0 Å². The fourth-order valence-electron chi connectivity index (χ4n) is 3.40. The van der Waals surface area contributed by atoms with Gasteiger partial charge < -0.3 is 11.1 Å². The summed E-state index contributed by atoms with van der Waals surface area (Å²) in [5.41, 5.74) is 11.1. The van der Waals surface area contributed by atoms with Crippen LogP contribution < -0.4 is 11.1 Å². The molecule has 0 saturated heterocycles. The zero-order chi connectivity index (χ0) is 19.8. The highest BCUT2D eigenvalue weighted by Crippen LogP contribution is 2.40. The number of nitrogen functional groups attached to an aromatic ring is 1. The smallest absolute Gasteiger partial charge is 0.240 e. The van der Waals surface area contributed by atoms with Crippen LogP contribution in [0, 0.1) is 0 Å². The Morgan fingerprint density at radius 2 is 1.93 bits per heavy atom. The minimum Gasteiger partial charge on any atom is -0.366 e. The lowest BCUT2D eigenvalue weighted by Crippen LogP contribution is -2.15. The first-order chi connectivity index (χ1) is 14.1. The van der Waals surface area contributed by atoms with Gasteiger partial charge in [0.1, 0.15) is 0 Å². The largest absolute Gasteiger partial charge is 0.366 e. The number of fused-ring (bicyclic) bond motifs is 1. The van der Waals surface area contributed by atoms with E-state index in [-0.39, 0.29) is 18.3 Å². The van der Waals surface area contributed by atoms with Crippen molar-refractivity contribution in [2.24, 2.45) is 0 Å². The summed E-state index contributed by atoms with van der Waals surface area (Å²) in [6.07, 6.45) is 6.34. The van der Waals surface area contributed by atoms with Gasteiger partial charge in [-0.2, -0.15) is 4.98 Å². The highest BCUT2D eigenvalue weighted by atomic mass is 16.1. The first-order valence-corrected chi connectivity index (χ1v) is 9.61. The Labute approximate surface area is 167 Å². The third kappa shape index (κ3) is 3.80. The number of nitrogens with one attached hydrogen (secondary N) is 1. The molecule has 3 aromatic heterocycles. The van der Waals surface area contributed by atoms with E-state index < -0.39 is 0 Å². The van der Waals surface area contributed by atoms with Gasteiger partial charge in [-0.3, -0.25) is 9.78 Å². The number of carbonyl (C=O) groups is 1. The van der Waals surface area contributed by atoms with Crippen LogP contribution in [0.3, 0.4) is 0 Å². The summed E-state index contributed by atoms with van der Waals surface area (Å²) in [7, 11) is 0. The van der Waals surface area contributed by atoms with Crippen molar-refractivity contribution in [1.82, 2.24) is 19.6 Å². The molecular formula is C22H20N6O. The van der Waals surface area contributed by atoms with Crippen LogP contribution >= 0.6 is 0 Å². The second-order valence-electron chi connectivity index (χ2n) is 7.35. The molecule has 1 amide bonds. The molecule has 4 aromatic rings. The van der Waals surface area contributed by atoms with Gasteiger partial charge in [-0.15, -0.1) is 5.10 Å². The minimum atomic E-state index is -0.0789.